The van der Waals surface area contributed by atoms with Crippen molar-refractivity contribution in [3.05, 3.63) is 29.6 Å². The van der Waals surface area contributed by atoms with E-state index in [0.717, 1.165) is 25.7 Å². The van der Waals surface area contributed by atoms with Crippen LogP contribution < -0.4 is 5.11 Å². The molecule has 2 unspecified atom stereocenters. The maximum Gasteiger partial charge on any atom is 0.0822 e. The number of nitrogens with one attached hydrogen (secondary N) is 1. The second kappa shape index (κ2) is 6.43. The summed E-state index contributed by atoms with van der Waals surface area (Å²) in [4.78, 5) is 17.7. The monoisotopic (exact) mass is 308 g/mol. The zero-order valence-electron chi connectivity index (χ0n) is 11.7. The Morgan fingerprint density at radius 1 is 1.38 bits per heavy atom. The van der Waals surface area contributed by atoms with Crippen LogP contribution in [-0.4, -0.2) is 34.3 Å². The van der Waals surface area contributed by atoms with Gasteiger partial charge in [0.25, 0.3) is 0 Å². The first-order valence-electron chi connectivity index (χ1n) is 7.15. The Hall–Kier alpha value is -1.62. The summed E-state index contributed by atoms with van der Waals surface area (Å²) in [7, 11) is 0. The number of carboxylic acids is 1. The Balaban J connectivity index is 0.00000161. The molecule has 2 saturated heterocycles. The lowest BCUT2D eigenvalue weighted by molar-refractivity contribution is -0.255. The number of carbonyl (C=O) groups excluding carboxylic acids is 1. The van der Waals surface area contributed by atoms with Crippen LogP contribution in [0.5, 0.6) is 0 Å². The molecule has 0 spiro atoms. The summed E-state index contributed by atoms with van der Waals surface area (Å²) >= 11 is 0. The van der Waals surface area contributed by atoms with Crippen LogP contribution in [-0.2, 0) is 0 Å². The van der Waals surface area contributed by atoms with Crippen LogP contribution in [0.2, 0.25) is 0 Å². The highest BCUT2D eigenvalue weighted by Crippen LogP contribution is 2.40. The number of hydrogen-bond donors (Lipinski definition) is 1. The summed E-state index contributed by atoms with van der Waals surface area (Å²) in [5.74, 6) is -0.983. The van der Waals surface area contributed by atoms with Crippen molar-refractivity contribution in [1.29, 1.82) is 5.41 Å². The zero-order chi connectivity index (χ0) is 14.1. The highest BCUT2D eigenvalue weighted by atomic mass is 35.5. The Kier molecular flexibility index (Phi) is 4.83. The minimum atomic E-state index is -1.15. The lowest BCUT2D eigenvalue weighted by atomic mass is 9.76. The van der Waals surface area contributed by atoms with E-state index in [1.807, 2.05) is 0 Å². The van der Waals surface area contributed by atoms with E-state index in [9.17, 15) is 9.90 Å². The standard InChI is InChI=1S/C15H19N3O2.ClH/c16-9-18-11-3-1-4-12(18)8-10(7-11)14-13(15(19)20)5-2-6-17-14;/h2,5-6,9-12,16H,1,3-4,7-8H2,(H,19,20);1H/p-1. The van der Waals surface area contributed by atoms with Crippen LogP contribution in [0.25, 0.3) is 0 Å². The molecule has 2 aliphatic heterocycles. The van der Waals surface area contributed by atoms with Crippen molar-refractivity contribution in [3.63, 3.8) is 0 Å². The number of carboxylic acid groups (broad SMARTS) is 1. The van der Waals surface area contributed by atoms with E-state index in [1.165, 1.54) is 12.8 Å². The summed E-state index contributed by atoms with van der Waals surface area (Å²) in [6, 6.07) is 3.92. The normalized spacial score (nSPS) is 27.6. The summed E-state index contributed by atoms with van der Waals surface area (Å²) in [5, 5.41) is 18.8. The van der Waals surface area contributed by atoms with E-state index in [4.69, 9.17) is 5.41 Å². The maximum absolute atomic E-state index is 11.2. The van der Waals surface area contributed by atoms with Gasteiger partial charge in [-0.25, -0.2) is 0 Å². The topological polar surface area (TPSA) is 80.1 Å². The number of fused-ring (bicyclic) bond motifs is 2. The van der Waals surface area contributed by atoms with Crippen LogP contribution in [0, 0.1) is 5.41 Å². The molecule has 3 rings (SSSR count). The van der Waals surface area contributed by atoms with E-state index in [1.54, 1.807) is 18.3 Å². The van der Waals surface area contributed by atoms with Gasteiger partial charge >= 0.3 is 0 Å². The van der Waals surface area contributed by atoms with E-state index < -0.39 is 5.97 Å². The molecule has 0 saturated carbocycles. The van der Waals surface area contributed by atoms with Gasteiger partial charge in [-0.3, -0.25) is 10.4 Å². The molecule has 2 fully saturated rings. The van der Waals surface area contributed by atoms with Crippen molar-refractivity contribution in [2.24, 2.45) is 0 Å². The molecule has 6 heteroatoms. The number of carbonyl (C=O) groups is 1. The van der Waals surface area contributed by atoms with Crippen molar-refractivity contribution in [3.8, 4) is 0 Å². The Morgan fingerprint density at radius 3 is 2.62 bits per heavy atom. The Bertz CT molecular complexity index is 523. The molecular formula is C15H19ClN3O2-. The minimum absolute atomic E-state index is 0. The van der Waals surface area contributed by atoms with Gasteiger partial charge in [-0.2, -0.15) is 0 Å². The second-order valence-corrected chi connectivity index (χ2v) is 5.71. The lowest BCUT2D eigenvalue weighted by Gasteiger charge is -2.48. The number of aromatic carboxylic acids is 1. The molecule has 114 valence electrons. The van der Waals surface area contributed by atoms with Crippen LogP contribution in [0.1, 0.15) is 54.1 Å². The number of piperidine rings is 2. The predicted molar refractivity (Wildman–Crippen MR) is 79.8 cm³/mol. The van der Waals surface area contributed by atoms with E-state index in [-0.39, 0.29) is 23.9 Å². The third kappa shape index (κ3) is 2.88. The fourth-order valence-corrected chi connectivity index (χ4v) is 3.77. The number of halogens is 1. The average Bonchev–Trinajstić information content (AvgIpc) is 2.45. The Labute approximate surface area is 130 Å². The molecule has 3 heterocycles. The second-order valence-electron chi connectivity index (χ2n) is 5.71. The number of aromatic nitrogens is 1. The number of rotatable bonds is 3. The van der Waals surface area contributed by atoms with E-state index >= 15 is 0 Å². The van der Waals surface area contributed by atoms with Gasteiger partial charge in [0.1, 0.15) is 0 Å². The maximum atomic E-state index is 11.2. The molecule has 0 aliphatic carbocycles. The molecule has 2 bridgehead atoms. The third-order valence-corrected chi connectivity index (χ3v) is 4.63. The quantitative estimate of drug-likeness (QED) is 0.679. The van der Waals surface area contributed by atoms with Crippen molar-refractivity contribution in [2.45, 2.75) is 50.1 Å². The number of pyridine rings is 1. The molecule has 2 atom stereocenters. The van der Waals surface area contributed by atoms with Gasteiger partial charge in [0.2, 0.25) is 0 Å². The summed E-state index contributed by atoms with van der Waals surface area (Å²) in [6.07, 6.45) is 8.21. The highest BCUT2D eigenvalue weighted by molar-refractivity contribution is 5.87. The van der Waals surface area contributed by atoms with Gasteiger partial charge in [0.05, 0.1) is 18.0 Å². The number of nitrogens with zero attached hydrogens (tertiary/aromatic N) is 2. The molecule has 0 amide bonds. The van der Waals surface area contributed by atoms with Gasteiger partial charge < -0.3 is 14.8 Å². The van der Waals surface area contributed by atoms with E-state index in [0.29, 0.717) is 17.8 Å². The van der Waals surface area contributed by atoms with Gasteiger partial charge in [0.15, 0.2) is 0 Å². The van der Waals surface area contributed by atoms with Crippen LogP contribution in [0.3, 0.4) is 0 Å². The van der Waals surface area contributed by atoms with Crippen molar-refractivity contribution in [1.82, 2.24) is 9.88 Å². The smallest absolute Gasteiger partial charge is 0.0822 e. The van der Waals surface area contributed by atoms with E-state index in [2.05, 4.69) is 9.88 Å². The largest absolute Gasteiger partial charge is 0.545 e. The number of hydrogen-bond acceptors (Lipinski definition) is 4. The Morgan fingerprint density at radius 2 is 2.05 bits per heavy atom. The molecule has 1 aromatic heterocycles. The average molecular weight is 309 g/mol. The van der Waals surface area contributed by atoms with Gasteiger partial charge in [-0.05, 0) is 44.2 Å². The zero-order valence-corrected chi connectivity index (χ0v) is 12.5. The molecule has 1 N–H and O–H groups in total. The molecule has 5 nitrogen and oxygen atoms in total. The van der Waals surface area contributed by atoms with Crippen LogP contribution >= 0.6 is 12.4 Å². The summed E-state index contributed by atoms with van der Waals surface area (Å²) in [6.45, 7) is 0. The van der Waals surface area contributed by atoms with Crippen molar-refractivity contribution in [2.75, 3.05) is 0 Å². The van der Waals surface area contributed by atoms with Gasteiger partial charge in [-0.1, -0.05) is 0 Å². The molecule has 0 radical (unpaired) electrons. The lowest BCUT2D eigenvalue weighted by Crippen LogP contribution is -2.50. The fourth-order valence-electron chi connectivity index (χ4n) is 3.77. The molecule has 21 heavy (non-hydrogen) atoms. The van der Waals surface area contributed by atoms with Crippen LogP contribution in [0.4, 0.5) is 0 Å². The SMILES string of the molecule is Cl.N=CN1C2CCCC1CC(c1ncccc1C(=O)[O-])C2. The first-order chi connectivity index (χ1) is 9.70. The highest BCUT2D eigenvalue weighted by Gasteiger charge is 2.38. The van der Waals surface area contributed by atoms with Crippen molar-refractivity contribution < 1.29 is 9.90 Å². The minimum Gasteiger partial charge on any atom is -0.545 e. The van der Waals surface area contributed by atoms with Crippen molar-refractivity contribution >= 4 is 24.7 Å². The van der Waals surface area contributed by atoms with Crippen LogP contribution in [0.15, 0.2) is 18.3 Å². The molecule has 2 aliphatic rings. The molecular weight excluding hydrogens is 290 g/mol. The molecule has 0 aromatic carbocycles. The summed E-state index contributed by atoms with van der Waals surface area (Å²) in [5.41, 5.74) is 0.882. The fraction of sp³-hybridized carbons (Fsp3) is 0.533. The summed E-state index contributed by atoms with van der Waals surface area (Å²) < 4.78 is 0. The molecule has 1 aromatic rings. The first-order valence-corrected chi connectivity index (χ1v) is 7.15. The third-order valence-electron chi connectivity index (χ3n) is 4.63. The first kappa shape index (κ1) is 15.8. The predicted octanol–water partition coefficient (Wildman–Crippen LogP) is 1.57. The van der Waals surface area contributed by atoms with Gasteiger partial charge in [0, 0.05) is 29.8 Å². The van der Waals surface area contributed by atoms with Gasteiger partial charge in [-0.15, -0.1) is 12.4 Å².